The summed E-state index contributed by atoms with van der Waals surface area (Å²) in [6.07, 6.45) is -0.116. The molecule has 176 valence electrons. The number of aliphatic hydroxyl groups is 2. The van der Waals surface area contributed by atoms with Gasteiger partial charge >= 0.3 is 0 Å². The van der Waals surface area contributed by atoms with Crippen molar-refractivity contribution < 1.29 is 38.9 Å². The quantitative estimate of drug-likeness (QED) is 0.125. The van der Waals surface area contributed by atoms with Crippen LogP contribution in [0, 0.1) is 0 Å². The monoisotopic (exact) mass is 462 g/mol. The van der Waals surface area contributed by atoms with E-state index in [0.29, 0.717) is 0 Å². The second-order valence-electron chi connectivity index (χ2n) is 6.61. The first-order chi connectivity index (χ1) is 14.8. The molecule has 1 aliphatic heterocycles. The van der Waals surface area contributed by atoms with Crippen molar-refractivity contribution in [2.75, 3.05) is 51.8 Å². The Morgan fingerprint density at radius 1 is 1.16 bits per heavy atom. The van der Waals surface area contributed by atoms with Gasteiger partial charge in [0.15, 0.2) is 0 Å². The molecule has 0 spiro atoms. The van der Waals surface area contributed by atoms with Gasteiger partial charge in [-0.1, -0.05) is 0 Å². The van der Waals surface area contributed by atoms with Crippen molar-refractivity contribution in [1.29, 1.82) is 0 Å². The van der Waals surface area contributed by atoms with Crippen molar-refractivity contribution in [1.82, 2.24) is 20.9 Å². The Morgan fingerprint density at radius 3 is 2.55 bits per heavy atom. The summed E-state index contributed by atoms with van der Waals surface area (Å²) in [6, 6.07) is -0.901. The van der Waals surface area contributed by atoms with Crippen LogP contribution in [0.1, 0.15) is 19.8 Å². The molecular weight excluding hydrogens is 432 g/mol. The van der Waals surface area contributed by atoms with Gasteiger partial charge in [0.2, 0.25) is 29.5 Å². The Bertz CT molecular complexity index is 648. The molecule has 0 aromatic rings. The van der Waals surface area contributed by atoms with Gasteiger partial charge in [-0.3, -0.25) is 28.9 Å². The molecule has 0 radical (unpaired) electrons. The number of hydrogen-bond acceptors (Lipinski definition) is 9. The smallest absolute Gasteiger partial charge is 0.243 e. The number of carbonyl (C=O) groups excluding carboxylic acids is 5. The number of amides is 5. The molecule has 1 saturated heterocycles. The predicted octanol–water partition coefficient (Wildman–Crippen LogP) is -3.02. The number of aliphatic hydroxyl groups excluding tert-OH is 2. The minimum Gasteiger partial charge on any atom is -0.395 e. The number of imide groups is 1. The molecule has 12 nitrogen and oxygen atoms in total. The van der Waals surface area contributed by atoms with Crippen LogP contribution in [0.3, 0.4) is 0 Å². The van der Waals surface area contributed by atoms with Crippen molar-refractivity contribution in [2.45, 2.75) is 31.1 Å². The third-order valence-corrected chi connectivity index (χ3v) is 5.43. The summed E-state index contributed by atoms with van der Waals surface area (Å²) in [5, 5.41) is 24.2. The fraction of sp³-hybridized carbons (Fsp3) is 0.722. The zero-order valence-electron chi connectivity index (χ0n) is 17.4. The Hall–Kier alpha value is -2.22. The molecule has 31 heavy (non-hydrogen) atoms. The molecule has 0 saturated carbocycles. The number of hydrogen-bond donors (Lipinski definition) is 5. The standard InChI is InChI=1S/C18H30N4O8S/c1-12(25)21-13(17(28)20-4-8-30-9-7-24)11-31-14-10-16(27)22(18(14)29)5-2-15(26)19-3-6-23/h13-14,23-24H,2-11H2,1H3,(H,19,26)(H,20,28)(H,21,25). The number of ether oxygens (including phenoxy) is 1. The molecule has 1 rings (SSSR count). The third kappa shape index (κ3) is 10.1. The molecule has 1 fully saturated rings. The van der Waals surface area contributed by atoms with E-state index in [9.17, 15) is 24.0 Å². The molecule has 0 aromatic heterocycles. The predicted molar refractivity (Wildman–Crippen MR) is 111 cm³/mol. The highest BCUT2D eigenvalue weighted by atomic mass is 32.2. The Balaban J connectivity index is 2.53. The van der Waals surface area contributed by atoms with Gasteiger partial charge in [-0.2, -0.15) is 0 Å². The number of nitrogens with zero attached hydrogens (tertiary/aromatic N) is 1. The summed E-state index contributed by atoms with van der Waals surface area (Å²) >= 11 is 1.09. The summed E-state index contributed by atoms with van der Waals surface area (Å²) in [7, 11) is 0. The average Bonchev–Trinajstić information content (AvgIpc) is 3.00. The first-order valence-electron chi connectivity index (χ1n) is 9.86. The number of thioether (sulfide) groups is 1. The van der Waals surface area contributed by atoms with E-state index in [0.717, 1.165) is 16.7 Å². The van der Waals surface area contributed by atoms with Crippen molar-refractivity contribution in [3.8, 4) is 0 Å². The van der Waals surface area contributed by atoms with Gasteiger partial charge in [-0.05, 0) is 0 Å². The second kappa shape index (κ2) is 14.7. The molecule has 2 unspecified atom stereocenters. The lowest BCUT2D eigenvalue weighted by Gasteiger charge is -2.19. The van der Waals surface area contributed by atoms with E-state index < -0.39 is 34.9 Å². The maximum Gasteiger partial charge on any atom is 0.243 e. The van der Waals surface area contributed by atoms with Crippen LogP contribution < -0.4 is 16.0 Å². The highest BCUT2D eigenvalue weighted by molar-refractivity contribution is 8.00. The molecular formula is C18H30N4O8S. The summed E-state index contributed by atoms with van der Waals surface area (Å²) < 4.78 is 5.05. The van der Waals surface area contributed by atoms with Crippen molar-refractivity contribution in [3.05, 3.63) is 0 Å². The van der Waals surface area contributed by atoms with E-state index in [4.69, 9.17) is 14.9 Å². The fourth-order valence-electron chi connectivity index (χ4n) is 2.69. The first-order valence-corrected chi connectivity index (χ1v) is 10.9. The van der Waals surface area contributed by atoms with E-state index in [1.165, 1.54) is 6.92 Å². The van der Waals surface area contributed by atoms with Crippen LogP contribution in [0.2, 0.25) is 0 Å². The lowest BCUT2D eigenvalue weighted by atomic mass is 10.3. The number of likely N-dealkylation sites (tertiary alicyclic amines) is 1. The molecule has 1 aliphatic rings. The molecule has 1 heterocycles. The molecule has 0 aromatic carbocycles. The van der Waals surface area contributed by atoms with E-state index in [2.05, 4.69) is 16.0 Å². The minimum absolute atomic E-state index is 0.0504. The Kier molecular flexibility index (Phi) is 12.7. The number of carbonyl (C=O) groups is 5. The van der Waals surface area contributed by atoms with Gasteiger partial charge in [-0.25, -0.2) is 0 Å². The van der Waals surface area contributed by atoms with Crippen LogP contribution in [-0.4, -0.2) is 108 Å². The Morgan fingerprint density at radius 2 is 1.90 bits per heavy atom. The van der Waals surface area contributed by atoms with Gasteiger partial charge < -0.3 is 30.9 Å². The number of nitrogens with one attached hydrogen (secondary N) is 3. The SMILES string of the molecule is CC(=O)NC(CSC1CC(=O)N(CCC(=O)NCCO)C1=O)C(=O)NCCOCCO. The molecule has 13 heteroatoms. The van der Waals surface area contributed by atoms with Crippen LogP contribution in [0.15, 0.2) is 0 Å². The van der Waals surface area contributed by atoms with Crippen LogP contribution in [-0.2, 0) is 28.7 Å². The minimum atomic E-state index is -0.901. The summed E-state index contributed by atoms with van der Waals surface area (Å²) in [6.45, 7) is 1.51. The van der Waals surface area contributed by atoms with Crippen LogP contribution in [0.25, 0.3) is 0 Å². The molecule has 0 aliphatic carbocycles. The maximum absolute atomic E-state index is 12.5. The molecule has 5 amide bonds. The van der Waals surface area contributed by atoms with Crippen molar-refractivity contribution in [2.24, 2.45) is 0 Å². The number of rotatable bonds is 15. The average molecular weight is 463 g/mol. The normalized spacial score (nSPS) is 16.9. The third-order valence-electron chi connectivity index (χ3n) is 4.14. The van der Waals surface area contributed by atoms with Crippen LogP contribution in [0.4, 0.5) is 0 Å². The Labute approximate surface area is 184 Å². The van der Waals surface area contributed by atoms with Gasteiger partial charge in [0.05, 0.1) is 31.7 Å². The lowest BCUT2D eigenvalue weighted by Crippen LogP contribution is -2.48. The highest BCUT2D eigenvalue weighted by Gasteiger charge is 2.39. The van der Waals surface area contributed by atoms with Crippen LogP contribution >= 0.6 is 11.8 Å². The summed E-state index contributed by atoms with van der Waals surface area (Å²) in [4.78, 5) is 61.0. The van der Waals surface area contributed by atoms with Gasteiger partial charge in [0.1, 0.15) is 6.04 Å². The van der Waals surface area contributed by atoms with Crippen molar-refractivity contribution in [3.63, 3.8) is 0 Å². The lowest BCUT2D eigenvalue weighted by molar-refractivity contribution is -0.138. The van der Waals surface area contributed by atoms with Gasteiger partial charge in [0.25, 0.3) is 0 Å². The highest BCUT2D eigenvalue weighted by Crippen LogP contribution is 2.26. The molecule has 0 bridgehead atoms. The molecule has 2 atom stereocenters. The van der Waals surface area contributed by atoms with E-state index in [1.807, 2.05) is 0 Å². The van der Waals surface area contributed by atoms with Gasteiger partial charge in [0, 0.05) is 45.2 Å². The van der Waals surface area contributed by atoms with E-state index in [1.54, 1.807) is 0 Å². The van der Waals surface area contributed by atoms with Crippen LogP contribution in [0.5, 0.6) is 0 Å². The first kappa shape index (κ1) is 26.8. The summed E-state index contributed by atoms with van der Waals surface area (Å²) in [5.41, 5.74) is 0. The van der Waals surface area contributed by atoms with Gasteiger partial charge in [-0.15, -0.1) is 11.8 Å². The maximum atomic E-state index is 12.5. The van der Waals surface area contributed by atoms with Crippen molar-refractivity contribution >= 4 is 41.3 Å². The largest absolute Gasteiger partial charge is 0.395 e. The topological polar surface area (TPSA) is 174 Å². The fourth-order valence-corrected chi connectivity index (χ4v) is 3.88. The summed E-state index contributed by atoms with van der Waals surface area (Å²) in [5.74, 6) is -2.01. The second-order valence-corrected chi connectivity index (χ2v) is 7.85. The molecule has 5 N–H and O–H groups in total. The van der Waals surface area contributed by atoms with E-state index >= 15 is 0 Å². The zero-order chi connectivity index (χ0) is 23.2. The van der Waals surface area contributed by atoms with E-state index in [-0.39, 0.29) is 70.6 Å². The zero-order valence-corrected chi connectivity index (χ0v) is 18.2.